The fourth-order valence-electron chi connectivity index (χ4n) is 3.73. The Balaban J connectivity index is 2.35. The van der Waals surface area contributed by atoms with E-state index in [1.807, 2.05) is 6.92 Å². The zero-order valence-corrected chi connectivity index (χ0v) is 18.2. The van der Waals surface area contributed by atoms with Gasteiger partial charge in [-0.1, -0.05) is 71.9 Å². The molecule has 0 aliphatic carbocycles. The van der Waals surface area contributed by atoms with Crippen LogP contribution in [0.1, 0.15) is 81.8 Å². The molecule has 1 aliphatic rings. The summed E-state index contributed by atoms with van der Waals surface area (Å²) in [5.74, 6) is 0.568. The number of carbonyl (C=O) groups excluding carboxylic acids is 1. The van der Waals surface area contributed by atoms with Crippen molar-refractivity contribution in [1.82, 2.24) is 0 Å². The van der Waals surface area contributed by atoms with Crippen LogP contribution in [0.2, 0.25) is 0 Å². The number of aryl methyl sites for hydroxylation is 2. The Kier molecular flexibility index (Phi) is 4.34. The van der Waals surface area contributed by atoms with E-state index >= 15 is 0 Å². The Morgan fingerprint density at radius 2 is 1.48 bits per heavy atom. The molecule has 3 rings (SSSR count). The SMILES string of the molecule is Cc1ccc(C2(C)C(=O)Oc3c(C(C)(C)C)cc(C(C)(C)C)cc32)cc1C. The highest BCUT2D eigenvalue weighted by Gasteiger charge is 2.49. The zero-order valence-electron chi connectivity index (χ0n) is 18.2. The summed E-state index contributed by atoms with van der Waals surface area (Å²) in [7, 11) is 0. The Bertz CT molecular complexity index is 923. The minimum absolute atomic E-state index is 0.00916. The van der Waals surface area contributed by atoms with E-state index in [-0.39, 0.29) is 16.8 Å². The van der Waals surface area contributed by atoms with Crippen LogP contribution in [0.25, 0.3) is 0 Å². The van der Waals surface area contributed by atoms with Crippen LogP contribution in [0.3, 0.4) is 0 Å². The molecule has 1 heterocycles. The maximum atomic E-state index is 13.2. The van der Waals surface area contributed by atoms with Crippen molar-refractivity contribution in [3.63, 3.8) is 0 Å². The molecule has 144 valence electrons. The molecule has 0 radical (unpaired) electrons. The van der Waals surface area contributed by atoms with Gasteiger partial charge in [0, 0.05) is 11.1 Å². The molecular weight excluding hydrogens is 332 g/mol. The van der Waals surface area contributed by atoms with E-state index in [1.165, 1.54) is 16.7 Å². The van der Waals surface area contributed by atoms with Crippen molar-refractivity contribution < 1.29 is 9.53 Å². The highest BCUT2D eigenvalue weighted by atomic mass is 16.5. The van der Waals surface area contributed by atoms with Crippen molar-refractivity contribution in [3.05, 3.63) is 63.7 Å². The average molecular weight is 365 g/mol. The van der Waals surface area contributed by atoms with Gasteiger partial charge >= 0.3 is 5.97 Å². The molecule has 2 aromatic carbocycles. The monoisotopic (exact) mass is 364 g/mol. The summed E-state index contributed by atoms with van der Waals surface area (Å²) in [6.07, 6.45) is 0. The second-order valence-corrected chi connectivity index (χ2v) is 10.2. The first-order valence-electron chi connectivity index (χ1n) is 9.76. The van der Waals surface area contributed by atoms with E-state index in [2.05, 4.69) is 85.7 Å². The van der Waals surface area contributed by atoms with Crippen LogP contribution < -0.4 is 4.74 Å². The molecule has 0 spiro atoms. The molecule has 0 N–H and O–H groups in total. The summed E-state index contributed by atoms with van der Waals surface area (Å²) >= 11 is 0. The number of hydrogen-bond donors (Lipinski definition) is 0. The molecule has 2 nitrogen and oxygen atoms in total. The van der Waals surface area contributed by atoms with Crippen LogP contribution >= 0.6 is 0 Å². The first kappa shape index (κ1) is 19.7. The lowest BCUT2D eigenvalue weighted by molar-refractivity contribution is -0.136. The van der Waals surface area contributed by atoms with Gasteiger partial charge in [0.1, 0.15) is 11.2 Å². The lowest BCUT2D eigenvalue weighted by atomic mass is 9.72. The minimum atomic E-state index is -0.783. The van der Waals surface area contributed by atoms with Crippen molar-refractivity contribution in [1.29, 1.82) is 0 Å². The Labute approximate surface area is 164 Å². The van der Waals surface area contributed by atoms with Gasteiger partial charge in [-0.25, -0.2) is 0 Å². The molecule has 0 fully saturated rings. The molecule has 0 aromatic heterocycles. The van der Waals surface area contributed by atoms with Gasteiger partial charge in [-0.05, 0) is 53.9 Å². The molecule has 0 bridgehead atoms. The smallest absolute Gasteiger partial charge is 0.326 e. The van der Waals surface area contributed by atoms with Gasteiger partial charge in [-0.15, -0.1) is 0 Å². The van der Waals surface area contributed by atoms with Gasteiger partial charge in [0.05, 0.1) is 0 Å². The number of ether oxygens (including phenoxy) is 1. The number of rotatable bonds is 1. The summed E-state index contributed by atoms with van der Waals surface area (Å²) in [5, 5.41) is 0. The lowest BCUT2D eigenvalue weighted by Gasteiger charge is -2.29. The fraction of sp³-hybridized carbons (Fsp3) is 0.480. The van der Waals surface area contributed by atoms with Crippen molar-refractivity contribution in [2.45, 2.75) is 78.6 Å². The van der Waals surface area contributed by atoms with Crippen LogP contribution in [0.15, 0.2) is 30.3 Å². The van der Waals surface area contributed by atoms with Gasteiger partial charge in [0.25, 0.3) is 0 Å². The van der Waals surface area contributed by atoms with E-state index in [4.69, 9.17) is 4.74 Å². The van der Waals surface area contributed by atoms with E-state index in [1.54, 1.807) is 0 Å². The van der Waals surface area contributed by atoms with Crippen LogP contribution in [0.5, 0.6) is 5.75 Å². The second-order valence-electron chi connectivity index (χ2n) is 10.2. The quantitative estimate of drug-likeness (QED) is 0.450. The van der Waals surface area contributed by atoms with E-state index < -0.39 is 5.41 Å². The van der Waals surface area contributed by atoms with Crippen LogP contribution in [0, 0.1) is 13.8 Å². The second kappa shape index (κ2) is 5.95. The first-order valence-corrected chi connectivity index (χ1v) is 9.76. The van der Waals surface area contributed by atoms with Gasteiger partial charge in [0.2, 0.25) is 0 Å². The summed E-state index contributed by atoms with van der Waals surface area (Å²) in [4.78, 5) is 13.2. The molecule has 0 saturated heterocycles. The molecule has 2 heteroatoms. The van der Waals surface area contributed by atoms with Crippen LogP contribution in [-0.2, 0) is 21.0 Å². The third-order valence-corrected chi connectivity index (χ3v) is 5.99. The zero-order chi connectivity index (χ0) is 20.4. The van der Waals surface area contributed by atoms with Crippen LogP contribution in [-0.4, -0.2) is 5.97 Å². The summed E-state index contributed by atoms with van der Waals surface area (Å²) in [6, 6.07) is 10.7. The highest BCUT2D eigenvalue weighted by Crippen LogP contribution is 2.50. The van der Waals surface area contributed by atoms with Crippen molar-refractivity contribution in [3.8, 4) is 5.75 Å². The van der Waals surface area contributed by atoms with Crippen LogP contribution in [0.4, 0.5) is 0 Å². The number of fused-ring (bicyclic) bond motifs is 1. The third-order valence-electron chi connectivity index (χ3n) is 5.99. The maximum Gasteiger partial charge on any atom is 0.326 e. The van der Waals surface area contributed by atoms with Crippen molar-refractivity contribution in [2.75, 3.05) is 0 Å². The number of esters is 1. The minimum Gasteiger partial charge on any atom is -0.425 e. The van der Waals surface area contributed by atoms with Gasteiger partial charge in [-0.2, -0.15) is 0 Å². The number of hydrogen-bond acceptors (Lipinski definition) is 2. The molecule has 0 amide bonds. The summed E-state index contributed by atoms with van der Waals surface area (Å²) in [6.45, 7) is 19.4. The van der Waals surface area contributed by atoms with Gasteiger partial charge in [-0.3, -0.25) is 4.79 Å². The lowest BCUT2D eigenvalue weighted by Crippen LogP contribution is -2.31. The average Bonchev–Trinajstić information content (AvgIpc) is 2.79. The molecular formula is C25H32O2. The fourth-order valence-corrected chi connectivity index (χ4v) is 3.73. The first-order chi connectivity index (χ1) is 12.3. The van der Waals surface area contributed by atoms with Gasteiger partial charge in [0.15, 0.2) is 0 Å². The summed E-state index contributed by atoms with van der Waals surface area (Å²) in [5.41, 5.74) is 5.85. The highest BCUT2D eigenvalue weighted by molar-refractivity contribution is 5.94. The standard InChI is InChI=1S/C25H32O2/c1-15-10-11-17(12-16(15)2)25(9)20-14-18(23(3,4)5)13-19(24(6,7)8)21(20)27-22(25)26/h10-14H,1-9H3. The Hall–Kier alpha value is -2.09. The Morgan fingerprint density at radius 3 is 2.00 bits per heavy atom. The van der Waals surface area contributed by atoms with E-state index in [9.17, 15) is 4.79 Å². The topological polar surface area (TPSA) is 26.3 Å². The normalized spacial score (nSPS) is 19.8. The molecule has 1 unspecified atom stereocenters. The van der Waals surface area contributed by atoms with E-state index in [0.29, 0.717) is 0 Å². The molecule has 27 heavy (non-hydrogen) atoms. The molecule has 2 aromatic rings. The molecule has 1 atom stereocenters. The van der Waals surface area contributed by atoms with Crippen molar-refractivity contribution in [2.24, 2.45) is 0 Å². The van der Waals surface area contributed by atoms with E-state index in [0.717, 1.165) is 22.4 Å². The molecule has 1 aliphatic heterocycles. The Morgan fingerprint density at radius 1 is 0.852 bits per heavy atom. The molecule has 0 saturated carbocycles. The summed E-state index contributed by atoms with van der Waals surface area (Å²) < 4.78 is 5.93. The third kappa shape index (κ3) is 3.09. The number of carbonyl (C=O) groups is 1. The largest absolute Gasteiger partial charge is 0.425 e. The van der Waals surface area contributed by atoms with Gasteiger partial charge < -0.3 is 4.74 Å². The predicted octanol–water partition coefficient (Wildman–Crippen LogP) is 6.12. The maximum absolute atomic E-state index is 13.2. The number of benzene rings is 2. The predicted molar refractivity (Wildman–Crippen MR) is 112 cm³/mol. The van der Waals surface area contributed by atoms with Crippen molar-refractivity contribution >= 4 is 5.97 Å².